The third-order valence-corrected chi connectivity index (χ3v) is 6.24. The molecule has 1 aliphatic heterocycles. The number of nitrogens with zero attached hydrogens (tertiary/aromatic N) is 3. The summed E-state index contributed by atoms with van der Waals surface area (Å²) in [4.78, 5) is 4.29. The number of halogens is 3. The maximum atomic E-state index is 14.1. The van der Waals surface area contributed by atoms with E-state index in [0.717, 1.165) is 21.6 Å². The van der Waals surface area contributed by atoms with Crippen LogP contribution in [0.2, 0.25) is 0 Å². The number of alkyl halides is 3. The van der Waals surface area contributed by atoms with Gasteiger partial charge in [-0.15, -0.1) is 0 Å². The highest BCUT2D eigenvalue weighted by molar-refractivity contribution is 7.22. The second-order valence-electron chi connectivity index (χ2n) is 6.73. The Balaban J connectivity index is 1.71. The van der Waals surface area contributed by atoms with Crippen LogP contribution >= 0.6 is 11.3 Å². The Labute approximate surface area is 156 Å². The van der Waals surface area contributed by atoms with E-state index in [1.54, 1.807) is 36.4 Å². The molecule has 3 aromatic rings. The molecule has 1 aromatic heterocycles. The molecule has 2 unspecified atom stereocenters. The molecule has 27 heavy (non-hydrogen) atoms. The van der Waals surface area contributed by atoms with E-state index in [4.69, 9.17) is 0 Å². The second kappa shape index (κ2) is 5.53. The Hall–Kier alpha value is -2.45. The molecule has 0 fully saturated rings. The number of hydrazone groups is 1. The number of hydrogen-bond donors (Lipinski definition) is 1. The zero-order valence-corrected chi connectivity index (χ0v) is 14.8. The minimum absolute atomic E-state index is 0.0374. The number of aryl methyl sites for hydroxylation is 1. The first kappa shape index (κ1) is 16.7. The van der Waals surface area contributed by atoms with Crippen molar-refractivity contribution in [1.82, 2.24) is 4.98 Å². The summed E-state index contributed by atoms with van der Waals surface area (Å²) in [6.45, 7) is 0. The lowest BCUT2D eigenvalue weighted by atomic mass is 9.77. The molecule has 0 spiro atoms. The van der Waals surface area contributed by atoms with Gasteiger partial charge in [-0.2, -0.15) is 23.3 Å². The maximum absolute atomic E-state index is 14.1. The third-order valence-electron chi connectivity index (χ3n) is 5.22. The molecule has 1 N–H and O–H groups in total. The fourth-order valence-corrected chi connectivity index (χ4v) is 4.89. The summed E-state index contributed by atoms with van der Waals surface area (Å²) < 4.78 is 43.0. The molecule has 1 aliphatic carbocycles. The molecule has 0 saturated carbocycles. The van der Waals surface area contributed by atoms with Gasteiger partial charge in [0.25, 0.3) is 5.72 Å². The number of para-hydroxylation sites is 1. The number of anilines is 1. The number of thiazole rings is 1. The Morgan fingerprint density at radius 2 is 1.85 bits per heavy atom. The molecule has 2 aliphatic rings. The highest BCUT2D eigenvalue weighted by Gasteiger charge is 2.68. The Morgan fingerprint density at radius 1 is 1.11 bits per heavy atom. The smallest absolute Gasteiger partial charge is 0.362 e. The molecule has 8 heteroatoms. The van der Waals surface area contributed by atoms with Gasteiger partial charge in [-0.25, -0.2) is 4.98 Å². The summed E-state index contributed by atoms with van der Waals surface area (Å²) in [5, 5.41) is 15.9. The van der Waals surface area contributed by atoms with Crippen LogP contribution in [0.5, 0.6) is 0 Å². The monoisotopic (exact) mass is 389 g/mol. The Kier molecular flexibility index (Phi) is 3.42. The molecule has 0 saturated heterocycles. The molecule has 4 nitrogen and oxygen atoms in total. The highest BCUT2D eigenvalue weighted by atomic mass is 32.1. The quantitative estimate of drug-likeness (QED) is 0.674. The summed E-state index contributed by atoms with van der Waals surface area (Å²) in [7, 11) is 0. The van der Waals surface area contributed by atoms with Crippen molar-refractivity contribution in [3.05, 3.63) is 59.7 Å². The van der Waals surface area contributed by atoms with Gasteiger partial charge >= 0.3 is 6.18 Å². The molecule has 2 atom stereocenters. The van der Waals surface area contributed by atoms with Gasteiger partial charge in [-0.1, -0.05) is 47.7 Å². The maximum Gasteiger partial charge on any atom is 0.439 e. The number of aromatic nitrogens is 1. The van der Waals surface area contributed by atoms with Crippen LogP contribution in [0.1, 0.15) is 17.5 Å². The second-order valence-corrected chi connectivity index (χ2v) is 7.74. The minimum Gasteiger partial charge on any atom is -0.362 e. The van der Waals surface area contributed by atoms with Crippen molar-refractivity contribution in [3.63, 3.8) is 0 Å². The van der Waals surface area contributed by atoms with Crippen molar-refractivity contribution in [2.45, 2.75) is 24.7 Å². The van der Waals surface area contributed by atoms with E-state index in [-0.39, 0.29) is 17.3 Å². The lowest BCUT2D eigenvalue weighted by molar-refractivity contribution is -0.268. The van der Waals surface area contributed by atoms with Crippen molar-refractivity contribution in [1.29, 1.82) is 0 Å². The van der Waals surface area contributed by atoms with Crippen LogP contribution in [0.25, 0.3) is 10.2 Å². The SMILES string of the molecule is OC1(C(F)(F)F)C2CCc3ccccc3C2=NN1c1nc2ccccc2s1. The molecular formula is C19H14F3N3OS. The minimum atomic E-state index is -4.88. The lowest BCUT2D eigenvalue weighted by Gasteiger charge is -2.38. The van der Waals surface area contributed by atoms with Crippen LogP contribution in [-0.4, -0.2) is 27.7 Å². The largest absolute Gasteiger partial charge is 0.439 e. The summed E-state index contributed by atoms with van der Waals surface area (Å²) in [6, 6.07) is 14.4. The van der Waals surface area contributed by atoms with Gasteiger partial charge in [0.2, 0.25) is 5.13 Å². The standard InChI is InChI=1S/C19H14F3N3OS/c20-19(21,22)18(26)13-10-9-11-5-1-2-6-12(11)16(13)24-25(18)17-23-14-7-3-4-8-15(14)27-17/h1-8,13,26H,9-10H2. The van der Waals surface area contributed by atoms with Crippen LogP contribution in [0, 0.1) is 5.92 Å². The normalized spacial score (nSPS) is 24.7. The molecular weight excluding hydrogens is 375 g/mol. The van der Waals surface area contributed by atoms with Crippen LogP contribution in [-0.2, 0) is 6.42 Å². The van der Waals surface area contributed by atoms with E-state index in [9.17, 15) is 18.3 Å². The fraction of sp³-hybridized carbons (Fsp3) is 0.263. The van der Waals surface area contributed by atoms with Crippen LogP contribution in [0.4, 0.5) is 18.3 Å². The van der Waals surface area contributed by atoms with E-state index in [2.05, 4.69) is 10.1 Å². The topological polar surface area (TPSA) is 48.7 Å². The van der Waals surface area contributed by atoms with Crippen molar-refractivity contribution in [3.8, 4) is 0 Å². The van der Waals surface area contributed by atoms with E-state index in [0.29, 0.717) is 22.5 Å². The number of fused-ring (bicyclic) bond motifs is 4. The van der Waals surface area contributed by atoms with Gasteiger partial charge in [0.15, 0.2) is 0 Å². The average molecular weight is 389 g/mol. The number of aliphatic hydroxyl groups is 1. The van der Waals surface area contributed by atoms with E-state index in [1.807, 2.05) is 12.1 Å². The molecule has 138 valence electrons. The molecule has 0 amide bonds. The van der Waals surface area contributed by atoms with E-state index in [1.165, 1.54) is 0 Å². The third kappa shape index (κ3) is 2.26. The first-order valence-electron chi connectivity index (χ1n) is 8.51. The van der Waals surface area contributed by atoms with Gasteiger partial charge in [0.1, 0.15) is 0 Å². The fourth-order valence-electron chi connectivity index (χ4n) is 3.92. The predicted molar refractivity (Wildman–Crippen MR) is 97.9 cm³/mol. The van der Waals surface area contributed by atoms with Gasteiger partial charge < -0.3 is 5.11 Å². The van der Waals surface area contributed by atoms with Crippen molar-refractivity contribution >= 4 is 32.4 Å². The van der Waals surface area contributed by atoms with Crippen LogP contribution in [0.3, 0.4) is 0 Å². The molecule has 0 radical (unpaired) electrons. The summed E-state index contributed by atoms with van der Waals surface area (Å²) >= 11 is 1.09. The Morgan fingerprint density at radius 3 is 2.63 bits per heavy atom. The molecule has 2 aromatic carbocycles. The van der Waals surface area contributed by atoms with E-state index >= 15 is 0 Å². The van der Waals surface area contributed by atoms with E-state index < -0.39 is 17.8 Å². The number of benzene rings is 2. The predicted octanol–water partition coefficient (Wildman–Crippen LogP) is 4.33. The lowest BCUT2D eigenvalue weighted by Crippen LogP contribution is -2.60. The van der Waals surface area contributed by atoms with Crippen molar-refractivity contribution in [2.75, 3.05) is 5.01 Å². The first-order chi connectivity index (χ1) is 12.9. The Bertz CT molecular complexity index is 1040. The van der Waals surface area contributed by atoms with Gasteiger partial charge in [0.05, 0.1) is 21.8 Å². The average Bonchev–Trinajstić information content (AvgIpc) is 3.21. The van der Waals surface area contributed by atoms with Crippen LogP contribution < -0.4 is 5.01 Å². The molecule has 2 heterocycles. The highest BCUT2D eigenvalue weighted by Crippen LogP contribution is 2.51. The van der Waals surface area contributed by atoms with Gasteiger partial charge in [-0.3, -0.25) is 0 Å². The number of rotatable bonds is 1. The van der Waals surface area contributed by atoms with Gasteiger partial charge in [-0.05, 0) is 30.5 Å². The summed E-state index contributed by atoms with van der Waals surface area (Å²) in [6.07, 6.45) is -4.24. The van der Waals surface area contributed by atoms with Gasteiger partial charge in [0, 0.05) is 5.56 Å². The molecule has 0 bridgehead atoms. The first-order valence-corrected chi connectivity index (χ1v) is 9.33. The number of hydrogen-bond acceptors (Lipinski definition) is 5. The van der Waals surface area contributed by atoms with Crippen molar-refractivity contribution in [2.24, 2.45) is 11.0 Å². The zero-order chi connectivity index (χ0) is 18.8. The van der Waals surface area contributed by atoms with Crippen LogP contribution in [0.15, 0.2) is 53.6 Å². The zero-order valence-electron chi connectivity index (χ0n) is 13.9. The summed E-state index contributed by atoms with van der Waals surface area (Å²) in [5.74, 6) is -1.15. The van der Waals surface area contributed by atoms with Crippen molar-refractivity contribution < 1.29 is 18.3 Å². The summed E-state index contributed by atoms with van der Waals surface area (Å²) in [5.41, 5.74) is -0.638. The molecule has 5 rings (SSSR count).